The van der Waals surface area contributed by atoms with Crippen molar-refractivity contribution in [1.29, 1.82) is 0 Å². The molecule has 0 saturated carbocycles. The molecule has 7 nitrogen and oxygen atoms in total. The molecule has 8 heteroatoms. The Morgan fingerprint density at radius 2 is 1.56 bits per heavy atom. The minimum absolute atomic E-state index is 0.239. The lowest BCUT2D eigenvalue weighted by Gasteiger charge is -2.12. The molecule has 0 aliphatic carbocycles. The summed E-state index contributed by atoms with van der Waals surface area (Å²) in [6.07, 6.45) is 0. The van der Waals surface area contributed by atoms with Crippen molar-refractivity contribution in [3.8, 4) is 5.75 Å². The molecular weight excluding hydrogens is 474 g/mol. The normalized spacial score (nSPS) is 10.2. The Balaban J connectivity index is 1.60. The third kappa shape index (κ3) is 5.95. The summed E-state index contributed by atoms with van der Waals surface area (Å²) in [7, 11) is 0. The van der Waals surface area contributed by atoms with E-state index in [0.29, 0.717) is 33.6 Å². The number of benzene rings is 3. The van der Waals surface area contributed by atoms with Crippen LogP contribution in [0.15, 0.2) is 71.2 Å². The third-order valence-corrected chi connectivity index (χ3v) is 4.95. The van der Waals surface area contributed by atoms with E-state index in [9.17, 15) is 14.4 Å². The number of hydrazine groups is 1. The number of ether oxygens (including phenoxy) is 1. The van der Waals surface area contributed by atoms with Gasteiger partial charge in [0.25, 0.3) is 17.7 Å². The van der Waals surface area contributed by atoms with Crippen molar-refractivity contribution in [1.82, 2.24) is 10.9 Å². The summed E-state index contributed by atoms with van der Waals surface area (Å²) in [6, 6.07) is 18.6. The second-order valence-electron chi connectivity index (χ2n) is 6.88. The van der Waals surface area contributed by atoms with Crippen LogP contribution in [0.4, 0.5) is 5.69 Å². The monoisotopic (exact) mass is 495 g/mol. The molecule has 0 aliphatic rings. The van der Waals surface area contributed by atoms with Crippen molar-refractivity contribution in [3.05, 3.63) is 93.5 Å². The summed E-state index contributed by atoms with van der Waals surface area (Å²) in [4.78, 5) is 37.2. The van der Waals surface area contributed by atoms with E-state index in [1.54, 1.807) is 54.6 Å². The molecule has 0 heterocycles. The predicted molar refractivity (Wildman–Crippen MR) is 126 cm³/mol. The summed E-state index contributed by atoms with van der Waals surface area (Å²) >= 11 is 3.32. The van der Waals surface area contributed by atoms with Gasteiger partial charge in [0.05, 0.1) is 12.2 Å². The fraction of sp³-hybridized carbons (Fsp3) is 0.125. The summed E-state index contributed by atoms with van der Waals surface area (Å²) in [6.45, 7) is 4.14. The van der Waals surface area contributed by atoms with Crippen LogP contribution in [0.2, 0.25) is 0 Å². The topological polar surface area (TPSA) is 96.5 Å². The molecule has 3 N–H and O–H groups in total. The highest BCUT2D eigenvalue weighted by atomic mass is 79.9. The van der Waals surface area contributed by atoms with Crippen LogP contribution in [0.5, 0.6) is 5.75 Å². The van der Waals surface area contributed by atoms with Gasteiger partial charge in [-0.3, -0.25) is 25.2 Å². The molecule has 32 heavy (non-hydrogen) atoms. The number of anilines is 1. The quantitative estimate of drug-likeness (QED) is 0.439. The molecule has 3 amide bonds. The molecule has 0 radical (unpaired) electrons. The Hall–Kier alpha value is -3.65. The van der Waals surface area contributed by atoms with Crippen molar-refractivity contribution in [2.75, 3.05) is 11.9 Å². The van der Waals surface area contributed by atoms with E-state index in [0.717, 1.165) is 5.56 Å². The van der Waals surface area contributed by atoms with Gasteiger partial charge in [0, 0.05) is 21.3 Å². The Bertz CT molecular complexity index is 1150. The van der Waals surface area contributed by atoms with Crippen LogP contribution in [0.1, 0.15) is 43.6 Å². The molecular formula is C24H22BrN3O4. The van der Waals surface area contributed by atoms with Crippen molar-refractivity contribution in [3.63, 3.8) is 0 Å². The van der Waals surface area contributed by atoms with Crippen LogP contribution in [-0.4, -0.2) is 24.3 Å². The van der Waals surface area contributed by atoms with Gasteiger partial charge in [-0.15, -0.1) is 0 Å². The number of nitrogens with one attached hydrogen (secondary N) is 3. The zero-order valence-corrected chi connectivity index (χ0v) is 19.2. The first-order valence-corrected chi connectivity index (χ1v) is 10.7. The van der Waals surface area contributed by atoms with E-state index in [4.69, 9.17) is 4.74 Å². The lowest BCUT2D eigenvalue weighted by molar-refractivity contribution is 0.0844. The average molecular weight is 496 g/mol. The van der Waals surface area contributed by atoms with Crippen LogP contribution >= 0.6 is 15.9 Å². The summed E-state index contributed by atoms with van der Waals surface area (Å²) in [5, 5.41) is 2.79. The van der Waals surface area contributed by atoms with Crippen LogP contribution in [0.3, 0.4) is 0 Å². The number of hydrogen-bond acceptors (Lipinski definition) is 4. The molecule has 164 valence electrons. The second-order valence-corrected chi connectivity index (χ2v) is 7.80. The van der Waals surface area contributed by atoms with Gasteiger partial charge in [-0.05, 0) is 68.4 Å². The Labute approximate surface area is 194 Å². The predicted octanol–water partition coefficient (Wildman–Crippen LogP) is 4.48. The fourth-order valence-corrected chi connectivity index (χ4v) is 3.27. The summed E-state index contributed by atoms with van der Waals surface area (Å²) < 4.78 is 6.17. The maximum atomic E-state index is 12.5. The number of carbonyl (C=O) groups is 3. The lowest BCUT2D eigenvalue weighted by Crippen LogP contribution is -2.41. The smallest absolute Gasteiger partial charge is 0.273 e. The largest absolute Gasteiger partial charge is 0.493 e. The van der Waals surface area contributed by atoms with Crippen molar-refractivity contribution < 1.29 is 19.1 Å². The van der Waals surface area contributed by atoms with Gasteiger partial charge >= 0.3 is 0 Å². The highest BCUT2D eigenvalue weighted by Gasteiger charge is 2.15. The minimum atomic E-state index is -0.509. The molecule has 0 aliphatic heterocycles. The van der Waals surface area contributed by atoms with E-state index in [1.165, 1.54) is 0 Å². The molecule has 0 bridgehead atoms. The highest BCUT2D eigenvalue weighted by Crippen LogP contribution is 2.23. The van der Waals surface area contributed by atoms with Crippen molar-refractivity contribution in [2.45, 2.75) is 13.8 Å². The average Bonchev–Trinajstić information content (AvgIpc) is 2.79. The maximum Gasteiger partial charge on any atom is 0.273 e. The van der Waals surface area contributed by atoms with Gasteiger partial charge in [-0.1, -0.05) is 33.6 Å². The number of hydrogen-bond donors (Lipinski definition) is 3. The Kier molecular flexibility index (Phi) is 7.62. The van der Waals surface area contributed by atoms with E-state index < -0.39 is 11.8 Å². The molecule has 0 aromatic heterocycles. The van der Waals surface area contributed by atoms with E-state index in [1.807, 2.05) is 26.0 Å². The molecule has 3 rings (SSSR count). The zero-order chi connectivity index (χ0) is 23.1. The first-order valence-electron chi connectivity index (χ1n) is 9.88. The number of carbonyl (C=O) groups excluding carboxylic acids is 3. The zero-order valence-electron chi connectivity index (χ0n) is 17.6. The lowest BCUT2D eigenvalue weighted by atomic mass is 10.1. The standard InChI is InChI=1S/C24H22BrN3O4/c1-3-32-21-12-9-18(25)14-20(21)24(31)28-27-23(30)16-7-10-19(11-8-16)26-22(29)17-6-4-5-15(2)13-17/h4-14H,3H2,1-2H3,(H,26,29)(H,27,30)(H,28,31). The minimum Gasteiger partial charge on any atom is -0.493 e. The Morgan fingerprint density at radius 1 is 0.844 bits per heavy atom. The first-order chi connectivity index (χ1) is 15.4. The van der Waals surface area contributed by atoms with Gasteiger partial charge < -0.3 is 10.1 Å². The Morgan fingerprint density at radius 3 is 2.25 bits per heavy atom. The van der Waals surface area contributed by atoms with Crippen molar-refractivity contribution in [2.24, 2.45) is 0 Å². The maximum absolute atomic E-state index is 12.5. The molecule has 0 unspecified atom stereocenters. The van der Waals surface area contributed by atoms with Gasteiger partial charge in [0.15, 0.2) is 0 Å². The fourth-order valence-electron chi connectivity index (χ4n) is 2.91. The van der Waals surface area contributed by atoms with Gasteiger partial charge in [-0.25, -0.2) is 0 Å². The molecule has 3 aromatic carbocycles. The first kappa shape index (κ1) is 23.0. The highest BCUT2D eigenvalue weighted by molar-refractivity contribution is 9.10. The number of aryl methyl sites for hydroxylation is 1. The van der Waals surface area contributed by atoms with Gasteiger partial charge in [-0.2, -0.15) is 0 Å². The molecule has 0 atom stereocenters. The van der Waals surface area contributed by atoms with Crippen LogP contribution in [-0.2, 0) is 0 Å². The number of amides is 3. The van der Waals surface area contributed by atoms with E-state index in [-0.39, 0.29) is 11.5 Å². The second kappa shape index (κ2) is 10.6. The SMILES string of the molecule is CCOc1ccc(Br)cc1C(=O)NNC(=O)c1ccc(NC(=O)c2cccc(C)c2)cc1. The summed E-state index contributed by atoms with van der Waals surface area (Å²) in [5.41, 5.74) is 7.46. The van der Waals surface area contributed by atoms with Crippen LogP contribution in [0, 0.1) is 6.92 Å². The summed E-state index contributed by atoms with van der Waals surface area (Å²) in [5.74, 6) is -0.832. The number of rotatable bonds is 6. The molecule has 0 saturated heterocycles. The molecule has 3 aromatic rings. The third-order valence-electron chi connectivity index (χ3n) is 4.46. The van der Waals surface area contributed by atoms with Crippen molar-refractivity contribution >= 4 is 39.3 Å². The van der Waals surface area contributed by atoms with E-state index >= 15 is 0 Å². The van der Waals surface area contributed by atoms with E-state index in [2.05, 4.69) is 32.1 Å². The van der Waals surface area contributed by atoms with Gasteiger partial charge in [0.2, 0.25) is 0 Å². The molecule has 0 fully saturated rings. The van der Waals surface area contributed by atoms with Crippen LogP contribution < -0.4 is 20.9 Å². The molecule has 0 spiro atoms. The number of halogens is 1. The van der Waals surface area contributed by atoms with Gasteiger partial charge in [0.1, 0.15) is 5.75 Å². The van der Waals surface area contributed by atoms with Crippen LogP contribution in [0.25, 0.3) is 0 Å².